The van der Waals surface area contributed by atoms with Crippen molar-refractivity contribution in [1.82, 2.24) is 15.2 Å². The van der Waals surface area contributed by atoms with Gasteiger partial charge in [-0.15, -0.1) is 0 Å². The zero-order chi connectivity index (χ0) is 14.5. The van der Waals surface area contributed by atoms with Crippen LogP contribution < -0.4 is 10.6 Å². The van der Waals surface area contributed by atoms with Crippen LogP contribution in [0.3, 0.4) is 0 Å². The Kier molecular flexibility index (Phi) is 4.58. The summed E-state index contributed by atoms with van der Waals surface area (Å²) in [5.74, 6) is 0. The maximum absolute atomic E-state index is 12.3. The van der Waals surface area contributed by atoms with Crippen LogP contribution in [0.4, 0.5) is 10.5 Å². The number of nitrogens with zero attached hydrogens (tertiary/aromatic N) is 2. The summed E-state index contributed by atoms with van der Waals surface area (Å²) in [5.41, 5.74) is 1.03. The van der Waals surface area contributed by atoms with Crippen molar-refractivity contribution in [3.05, 3.63) is 24.5 Å². The first-order valence-electron chi connectivity index (χ1n) is 8.03. The molecule has 5 heteroatoms. The van der Waals surface area contributed by atoms with Crippen LogP contribution in [0, 0.1) is 0 Å². The SMILES string of the molecule is O=C(NC1CCCCC1)N1CCC(Nc2cccnc2)C1. The normalized spacial score (nSPS) is 23.0. The van der Waals surface area contributed by atoms with Gasteiger partial charge in [0, 0.05) is 37.6 Å². The molecule has 2 heterocycles. The third kappa shape index (κ3) is 3.86. The summed E-state index contributed by atoms with van der Waals surface area (Å²) in [6.07, 6.45) is 10.7. The predicted molar refractivity (Wildman–Crippen MR) is 83.2 cm³/mol. The smallest absolute Gasteiger partial charge is 0.317 e. The highest BCUT2D eigenvalue weighted by Crippen LogP contribution is 2.19. The summed E-state index contributed by atoms with van der Waals surface area (Å²) in [5, 5.41) is 6.64. The number of likely N-dealkylation sites (tertiary alicyclic amines) is 1. The Morgan fingerprint density at radius 3 is 2.81 bits per heavy atom. The number of nitrogens with one attached hydrogen (secondary N) is 2. The highest BCUT2D eigenvalue weighted by Gasteiger charge is 2.27. The lowest BCUT2D eigenvalue weighted by molar-refractivity contribution is 0.200. The molecule has 1 unspecified atom stereocenters. The van der Waals surface area contributed by atoms with Crippen LogP contribution in [0.25, 0.3) is 0 Å². The van der Waals surface area contributed by atoms with E-state index in [2.05, 4.69) is 15.6 Å². The van der Waals surface area contributed by atoms with Crippen molar-refractivity contribution in [3.8, 4) is 0 Å². The molecule has 1 aliphatic carbocycles. The average Bonchev–Trinajstić information content (AvgIpc) is 2.98. The standard InChI is InChI=1S/C16H24N4O/c21-16(19-13-5-2-1-3-6-13)20-10-8-15(12-20)18-14-7-4-9-17-11-14/h4,7,9,11,13,15,18H,1-3,5-6,8,10,12H2,(H,19,21). The van der Waals surface area contributed by atoms with Gasteiger partial charge in [-0.3, -0.25) is 4.98 Å². The van der Waals surface area contributed by atoms with Crippen LogP contribution in [0.2, 0.25) is 0 Å². The van der Waals surface area contributed by atoms with Gasteiger partial charge in [-0.25, -0.2) is 4.79 Å². The second kappa shape index (κ2) is 6.78. The molecule has 0 aromatic carbocycles. The van der Waals surface area contributed by atoms with Crippen molar-refractivity contribution >= 4 is 11.7 Å². The van der Waals surface area contributed by atoms with Crippen molar-refractivity contribution in [1.29, 1.82) is 0 Å². The Morgan fingerprint density at radius 2 is 2.05 bits per heavy atom. The van der Waals surface area contributed by atoms with Crippen molar-refractivity contribution in [2.24, 2.45) is 0 Å². The Labute approximate surface area is 126 Å². The number of hydrogen-bond acceptors (Lipinski definition) is 3. The largest absolute Gasteiger partial charge is 0.379 e. The van der Waals surface area contributed by atoms with Crippen LogP contribution in [-0.2, 0) is 0 Å². The van der Waals surface area contributed by atoms with E-state index in [1.165, 1.54) is 19.3 Å². The molecule has 1 aromatic rings. The second-order valence-corrected chi connectivity index (χ2v) is 6.10. The first-order chi connectivity index (χ1) is 10.3. The van der Waals surface area contributed by atoms with E-state index in [4.69, 9.17) is 0 Å². The van der Waals surface area contributed by atoms with Gasteiger partial charge in [0.15, 0.2) is 0 Å². The summed E-state index contributed by atoms with van der Waals surface area (Å²) in [6, 6.07) is 4.75. The highest BCUT2D eigenvalue weighted by atomic mass is 16.2. The van der Waals surface area contributed by atoms with Gasteiger partial charge >= 0.3 is 6.03 Å². The zero-order valence-corrected chi connectivity index (χ0v) is 12.4. The minimum absolute atomic E-state index is 0.109. The topological polar surface area (TPSA) is 57.3 Å². The van der Waals surface area contributed by atoms with E-state index in [9.17, 15) is 4.79 Å². The van der Waals surface area contributed by atoms with Crippen molar-refractivity contribution < 1.29 is 4.79 Å². The Bertz CT molecular complexity index is 459. The number of rotatable bonds is 3. The molecule has 1 saturated carbocycles. The van der Waals surface area contributed by atoms with E-state index in [0.717, 1.165) is 38.0 Å². The zero-order valence-electron chi connectivity index (χ0n) is 12.4. The molecule has 2 N–H and O–H groups in total. The molecule has 2 amide bonds. The molecule has 3 rings (SSSR count). The van der Waals surface area contributed by atoms with Gasteiger partial charge in [-0.1, -0.05) is 19.3 Å². The molecule has 1 atom stereocenters. The van der Waals surface area contributed by atoms with E-state index < -0.39 is 0 Å². The number of pyridine rings is 1. The summed E-state index contributed by atoms with van der Waals surface area (Å²) in [6.45, 7) is 1.60. The number of urea groups is 1. The highest BCUT2D eigenvalue weighted by molar-refractivity contribution is 5.75. The molecular weight excluding hydrogens is 264 g/mol. The minimum atomic E-state index is 0.109. The van der Waals surface area contributed by atoms with Gasteiger partial charge in [0.2, 0.25) is 0 Å². The third-order valence-corrected chi connectivity index (χ3v) is 4.44. The maximum atomic E-state index is 12.3. The van der Waals surface area contributed by atoms with Crippen LogP contribution in [0.15, 0.2) is 24.5 Å². The quantitative estimate of drug-likeness (QED) is 0.899. The van der Waals surface area contributed by atoms with Crippen molar-refractivity contribution in [3.63, 3.8) is 0 Å². The lowest BCUT2D eigenvalue weighted by Gasteiger charge is -2.26. The number of amides is 2. The molecule has 0 bridgehead atoms. The van der Waals surface area contributed by atoms with Gasteiger partial charge in [0.05, 0.1) is 5.69 Å². The minimum Gasteiger partial charge on any atom is -0.379 e. The average molecular weight is 288 g/mol. The van der Waals surface area contributed by atoms with Crippen LogP contribution in [0.1, 0.15) is 38.5 Å². The van der Waals surface area contributed by atoms with E-state index in [-0.39, 0.29) is 6.03 Å². The fourth-order valence-corrected chi connectivity index (χ4v) is 3.26. The summed E-state index contributed by atoms with van der Waals surface area (Å²) >= 11 is 0. The summed E-state index contributed by atoms with van der Waals surface area (Å²) in [7, 11) is 0. The van der Waals surface area contributed by atoms with E-state index >= 15 is 0 Å². The van der Waals surface area contributed by atoms with Gasteiger partial charge in [-0.2, -0.15) is 0 Å². The molecule has 2 aliphatic rings. The third-order valence-electron chi connectivity index (χ3n) is 4.44. The number of carbonyl (C=O) groups is 1. The molecule has 21 heavy (non-hydrogen) atoms. The summed E-state index contributed by atoms with van der Waals surface area (Å²) < 4.78 is 0. The van der Waals surface area contributed by atoms with Gasteiger partial charge in [0.25, 0.3) is 0 Å². The molecule has 1 aliphatic heterocycles. The second-order valence-electron chi connectivity index (χ2n) is 6.10. The molecule has 5 nitrogen and oxygen atoms in total. The number of hydrogen-bond donors (Lipinski definition) is 2. The lowest BCUT2D eigenvalue weighted by atomic mass is 9.96. The van der Waals surface area contributed by atoms with E-state index in [1.54, 1.807) is 6.20 Å². The van der Waals surface area contributed by atoms with Gasteiger partial charge < -0.3 is 15.5 Å². The predicted octanol–water partition coefficient (Wildman–Crippen LogP) is 2.61. The van der Waals surface area contributed by atoms with Crippen molar-refractivity contribution in [2.75, 3.05) is 18.4 Å². The first kappa shape index (κ1) is 14.2. The van der Waals surface area contributed by atoms with E-state index in [0.29, 0.717) is 12.1 Å². The Morgan fingerprint density at radius 1 is 1.19 bits per heavy atom. The molecule has 0 spiro atoms. The first-order valence-corrected chi connectivity index (χ1v) is 8.03. The van der Waals surface area contributed by atoms with E-state index in [1.807, 2.05) is 23.2 Å². The van der Waals surface area contributed by atoms with Crippen LogP contribution >= 0.6 is 0 Å². The monoisotopic (exact) mass is 288 g/mol. The van der Waals surface area contributed by atoms with Gasteiger partial charge in [0.1, 0.15) is 0 Å². The number of anilines is 1. The molecular formula is C16H24N4O. The number of aromatic nitrogens is 1. The van der Waals surface area contributed by atoms with Crippen LogP contribution in [-0.4, -0.2) is 41.1 Å². The fourth-order valence-electron chi connectivity index (χ4n) is 3.26. The van der Waals surface area contributed by atoms with Crippen molar-refractivity contribution in [2.45, 2.75) is 50.6 Å². The number of carbonyl (C=O) groups excluding carboxylic acids is 1. The lowest BCUT2D eigenvalue weighted by Crippen LogP contribution is -2.45. The molecule has 0 radical (unpaired) electrons. The Hall–Kier alpha value is -1.78. The molecule has 1 aromatic heterocycles. The Balaban J connectivity index is 1.46. The van der Waals surface area contributed by atoms with Gasteiger partial charge in [-0.05, 0) is 31.4 Å². The molecule has 114 valence electrons. The maximum Gasteiger partial charge on any atom is 0.317 e. The molecule has 1 saturated heterocycles. The summed E-state index contributed by atoms with van der Waals surface area (Å²) in [4.78, 5) is 18.3. The fraction of sp³-hybridized carbons (Fsp3) is 0.625. The van der Waals surface area contributed by atoms with Crippen LogP contribution in [0.5, 0.6) is 0 Å². The molecule has 2 fully saturated rings.